The lowest BCUT2D eigenvalue weighted by atomic mass is 9.77. The Morgan fingerprint density at radius 3 is 2.62 bits per heavy atom. The van der Waals surface area contributed by atoms with Gasteiger partial charge in [0.2, 0.25) is 5.91 Å². The van der Waals surface area contributed by atoms with Crippen molar-refractivity contribution in [2.24, 2.45) is 12.5 Å². The normalized spacial score (nSPS) is 27.5. The maximum Gasteiger partial charge on any atom is 0.270 e. The van der Waals surface area contributed by atoms with Gasteiger partial charge in [0, 0.05) is 38.9 Å². The van der Waals surface area contributed by atoms with Gasteiger partial charge in [-0.2, -0.15) is 0 Å². The van der Waals surface area contributed by atoms with Crippen molar-refractivity contribution in [3.05, 3.63) is 23.0 Å². The molecule has 4 rings (SSSR count). The van der Waals surface area contributed by atoms with E-state index in [4.69, 9.17) is 11.6 Å². The van der Waals surface area contributed by atoms with E-state index in [9.17, 15) is 9.59 Å². The molecule has 0 radical (unpaired) electrons. The molecule has 2 aliphatic heterocycles. The minimum atomic E-state index is -0.361. The molecule has 2 saturated heterocycles. The highest BCUT2D eigenvalue weighted by atomic mass is 35.5. The van der Waals surface area contributed by atoms with Gasteiger partial charge in [-0.3, -0.25) is 9.59 Å². The third-order valence-corrected chi connectivity index (χ3v) is 6.82. The van der Waals surface area contributed by atoms with Gasteiger partial charge in [0.05, 0.1) is 10.4 Å². The van der Waals surface area contributed by atoms with Gasteiger partial charge in [0.15, 0.2) is 0 Å². The van der Waals surface area contributed by atoms with Crippen LogP contribution in [0.2, 0.25) is 5.02 Å². The fourth-order valence-electron chi connectivity index (χ4n) is 5.17. The highest BCUT2D eigenvalue weighted by molar-refractivity contribution is 6.31. The standard InChI is InChI=1S/C20H28ClN3O2/c1-22-13-15(21)12-17(22)18(25)23-11-9-20(14-23)8-5-10-24(19(20)26)16-6-3-2-4-7-16/h12-13,16H,2-11,14H2,1H3/t20-/m1/s1. The van der Waals surface area contributed by atoms with E-state index in [1.807, 2.05) is 11.9 Å². The van der Waals surface area contributed by atoms with Gasteiger partial charge in [-0.05, 0) is 38.2 Å². The molecule has 0 unspecified atom stereocenters. The average molecular weight is 378 g/mol. The van der Waals surface area contributed by atoms with E-state index in [0.29, 0.717) is 35.8 Å². The molecule has 6 heteroatoms. The molecule has 1 atom stereocenters. The monoisotopic (exact) mass is 377 g/mol. The summed E-state index contributed by atoms with van der Waals surface area (Å²) in [6.45, 7) is 2.11. The number of amides is 2. The molecule has 1 saturated carbocycles. The molecular formula is C20H28ClN3O2. The number of nitrogens with zero attached hydrogens (tertiary/aromatic N) is 3. The van der Waals surface area contributed by atoms with E-state index < -0.39 is 0 Å². The smallest absolute Gasteiger partial charge is 0.270 e. The molecule has 1 spiro atoms. The van der Waals surface area contributed by atoms with E-state index in [1.54, 1.807) is 16.8 Å². The number of hydrogen-bond acceptors (Lipinski definition) is 2. The second-order valence-corrected chi connectivity index (χ2v) is 8.74. The van der Waals surface area contributed by atoms with E-state index in [-0.39, 0.29) is 11.3 Å². The molecular weight excluding hydrogens is 350 g/mol. The van der Waals surface area contributed by atoms with Gasteiger partial charge >= 0.3 is 0 Å². The lowest BCUT2D eigenvalue weighted by Crippen LogP contribution is -2.54. The predicted octanol–water partition coefficient (Wildman–Crippen LogP) is 3.47. The van der Waals surface area contributed by atoms with Crippen LogP contribution in [0.5, 0.6) is 0 Å². The SMILES string of the molecule is Cn1cc(Cl)cc1C(=O)N1CC[C@]2(CCCN(C3CCCCC3)C2=O)C1. The first kappa shape index (κ1) is 17.9. The number of aromatic nitrogens is 1. The Hall–Kier alpha value is -1.49. The molecule has 1 aromatic heterocycles. The molecule has 5 nitrogen and oxygen atoms in total. The third-order valence-electron chi connectivity index (χ3n) is 6.62. The van der Waals surface area contributed by atoms with Crippen LogP contribution in [0.1, 0.15) is 61.9 Å². The van der Waals surface area contributed by atoms with Crippen molar-refractivity contribution in [1.29, 1.82) is 0 Å². The summed E-state index contributed by atoms with van der Waals surface area (Å²) < 4.78 is 1.77. The second kappa shape index (κ2) is 6.91. The molecule has 26 heavy (non-hydrogen) atoms. The van der Waals surface area contributed by atoms with Gasteiger partial charge in [-0.15, -0.1) is 0 Å². The molecule has 3 aliphatic rings. The second-order valence-electron chi connectivity index (χ2n) is 8.31. The lowest BCUT2D eigenvalue weighted by molar-refractivity contribution is -0.149. The van der Waals surface area contributed by atoms with Crippen molar-refractivity contribution in [2.75, 3.05) is 19.6 Å². The summed E-state index contributed by atoms with van der Waals surface area (Å²) in [6, 6.07) is 2.14. The Morgan fingerprint density at radius 1 is 1.15 bits per heavy atom. The topological polar surface area (TPSA) is 45.6 Å². The highest BCUT2D eigenvalue weighted by Gasteiger charge is 2.50. The Kier molecular flexibility index (Phi) is 4.76. The van der Waals surface area contributed by atoms with Crippen LogP contribution < -0.4 is 0 Å². The van der Waals surface area contributed by atoms with Gasteiger partial charge in [-0.1, -0.05) is 30.9 Å². The molecule has 0 bridgehead atoms. The Balaban J connectivity index is 1.49. The summed E-state index contributed by atoms with van der Waals surface area (Å²) in [5.74, 6) is 0.287. The summed E-state index contributed by atoms with van der Waals surface area (Å²) in [6.07, 6.45) is 10.6. The van der Waals surface area contributed by atoms with Crippen LogP contribution in [0.4, 0.5) is 0 Å². The van der Waals surface area contributed by atoms with E-state index in [1.165, 1.54) is 19.3 Å². The van der Waals surface area contributed by atoms with Crippen LogP contribution in [0.3, 0.4) is 0 Å². The Labute approximate surface area is 160 Å². The van der Waals surface area contributed by atoms with Crippen LogP contribution in [0, 0.1) is 5.41 Å². The van der Waals surface area contributed by atoms with Crippen molar-refractivity contribution in [3.63, 3.8) is 0 Å². The van der Waals surface area contributed by atoms with Crippen molar-refractivity contribution in [1.82, 2.24) is 14.4 Å². The number of hydrogen-bond donors (Lipinski definition) is 0. The summed E-state index contributed by atoms with van der Waals surface area (Å²) in [4.78, 5) is 30.3. The van der Waals surface area contributed by atoms with Crippen LogP contribution >= 0.6 is 11.6 Å². The molecule has 3 fully saturated rings. The highest BCUT2D eigenvalue weighted by Crippen LogP contribution is 2.42. The molecule has 3 heterocycles. The number of rotatable bonds is 2. The number of aryl methyl sites for hydroxylation is 1. The molecule has 1 aliphatic carbocycles. The van der Waals surface area contributed by atoms with Gasteiger partial charge in [0.25, 0.3) is 5.91 Å². The zero-order valence-electron chi connectivity index (χ0n) is 15.5. The molecule has 2 amide bonds. The number of carbonyl (C=O) groups excluding carboxylic acids is 2. The number of piperidine rings is 1. The summed E-state index contributed by atoms with van der Waals surface area (Å²) in [5, 5.41) is 0.571. The maximum atomic E-state index is 13.4. The van der Waals surface area contributed by atoms with Gasteiger partial charge in [0.1, 0.15) is 5.69 Å². The Bertz CT molecular complexity index is 710. The summed E-state index contributed by atoms with van der Waals surface area (Å²) >= 11 is 6.03. The molecule has 1 aromatic rings. The first-order valence-corrected chi connectivity index (χ1v) is 10.3. The summed E-state index contributed by atoms with van der Waals surface area (Å²) in [5.41, 5.74) is 0.236. The number of likely N-dealkylation sites (tertiary alicyclic amines) is 2. The van der Waals surface area contributed by atoms with Crippen molar-refractivity contribution < 1.29 is 9.59 Å². The van der Waals surface area contributed by atoms with E-state index in [2.05, 4.69) is 4.90 Å². The fourth-order valence-corrected chi connectivity index (χ4v) is 5.41. The van der Waals surface area contributed by atoms with E-state index >= 15 is 0 Å². The van der Waals surface area contributed by atoms with Crippen LogP contribution in [0.15, 0.2) is 12.3 Å². The van der Waals surface area contributed by atoms with E-state index in [0.717, 1.165) is 38.6 Å². The quantitative estimate of drug-likeness (QED) is 0.792. The average Bonchev–Trinajstić information content (AvgIpc) is 3.21. The van der Waals surface area contributed by atoms with Crippen molar-refractivity contribution in [3.8, 4) is 0 Å². The molecule has 0 N–H and O–H groups in total. The first-order valence-electron chi connectivity index (χ1n) is 9.92. The number of carbonyl (C=O) groups is 2. The predicted molar refractivity (Wildman–Crippen MR) is 101 cm³/mol. The summed E-state index contributed by atoms with van der Waals surface area (Å²) in [7, 11) is 1.83. The Morgan fingerprint density at radius 2 is 1.92 bits per heavy atom. The number of halogens is 1. The van der Waals surface area contributed by atoms with Crippen molar-refractivity contribution in [2.45, 2.75) is 57.4 Å². The van der Waals surface area contributed by atoms with Gasteiger partial charge in [-0.25, -0.2) is 0 Å². The molecule has 0 aromatic carbocycles. The molecule has 142 valence electrons. The zero-order valence-corrected chi connectivity index (χ0v) is 16.3. The fraction of sp³-hybridized carbons (Fsp3) is 0.700. The minimum Gasteiger partial charge on any atom is -0.345 e. The lowest BCUT2D eigenvalue weighted by Gasteiger charge is -2.44. The maximum absolute atomic E-state index is 13.4. The van der Waals surface area contributed by atoms with Crippen molar-refractivity contribution >= 4 is 23.4 Å². The van der Waals surface area contributed by atoms with Crippen LogP contribution in [-0.4, -0.2) is 51.9 Å². The van der Waals surface area contributed by atoms with Crippen LogP contribution in [0.25, 0.3) is 0 Å². The van der Waals surface area contributed by atoms with Crippen LogP contribution in [-0.2, 0) is 11.8 Å². The van der Waals surface area contributed by atoms with Gasteiger partial charge < -0.3 is 14.4 Å². The largest absolute Gasteiger partial charge is 0.345 e. The first-order chi connectivity index (χ1) is 12.5. The minimum absolute atomic E-state index is 0.0149. The zero-order chi connectivity index (χ0) is 18.3. The third kappa shape index (κ3) is 3.04.